The van der Waals surface area contributed by atoms with Gasteiger partial charge in [-0.1, -0.05) is 36.2 Å². The number of aryl methyl sites for hydroxylation is 3. The average Bonchev–Trinajstić information content (AvgIpc) is 3.30. The second kappa shape index (κ2) is 17.3. The summed E-state index contributed by atoms with van der Waals surface area (Å²) in [4.78, 5) is 55.0. The molecule has 0 bridgehead atoms. The number of rotatable bonds is 17. The zero-order valence-electron chi connectivity index (χ0n) is 28.2. The number of nitrogens with one attached hydrogen (secondary N) is 2. The average molecular weight is 702 g/mol. The third kappa shape index (κ3) is 9.08. The van der Waals surface area contributed by atoms with Crippen molar-refractivity contribution >= 4 is 51.9 Å². The number of nitrogens with zero attached hydrogens (tertiary/aromatic N) is 3. The molecule has 50 heavy (non-hydrogen) atoms. The lowest BCUT2D eigenvalue weighted by molar-refractivity contribution is -0.141. The minimum absolute atomic E-state index is 0.0342. The number of aromatic nitrogens is 2. The van der Waals surface area contributed by atoms with Crippen molar-refractivity contribution in [2.45, 2.75) is 76.3 Å². The highest BCUT2D eigenvalue weighted by molar-refractivity contribution is 6.31. The summed E-state index contributed by atoms with van der Waals surface area (Å²) in [6.07, 6.45) is 9.70. The third-order valence-corrected chi connectivity index (χ3v) is 9.55. The van der Waals surface area contributed by atoms with Gasteiger partial charge in [-0.3, -0.25) is 34.4 Å². The molecule has 2 amide bonds. The number of hydrogen-bond donors (Lipinski definition) is 4. The highest BCUT2D eigenvalue weighted by atomic mass is 35.5. The van der Waals surface area contributed by atoms with E-state index in [4.69, 9.17) is 11.6 Å². The zero-order valence-corrected chi connectivity index (χ0v) is 29.0. The summed E-state index contributed by atoms with van der Waals surface area (Å²) in [5, 5.41) is 27.0. The van der Waals surface area contributed by atoms with E-state index in [-0.39, 0.29) is 12.3 Å². The molecule has 264 valence electrons. The molecule has 4 aromatic rings. The molecular weight excluding hydrogens is 658 g/mol. The first kappa shape index (κ1) is 36.5. The first-order valence-electron chi connectivity index (χ1n) is 17.2. The standard InChI is InChI=1S/C38H44ClN5O6/c1-43-33-19-17-27(39)22-29(33)28(36(43)26-11-9-20-40-23-26)12-3-2-4-15-34(45)41-21-8-7-13-31(38(49)50)42-30-18-16-25-10-5-6-14-32(25)44(37(30)48)24-35(46)47/h5-6,9-11,14,17,19-20,22-23,30-31,42H,2-4,7-8,12-13,15-16,18,21,24H2,1H3,(H,41,45)(H,46,47)(H,49,50)/t30?,31-/m0/s1. The molecule has 5 rings (SSSR count). The number of amides is 2. The lowest BCUT2D eigenvalue weighted by Crippen LogP contribution is -2.52. The van der Waals surface area contributed by atoms with Crippen LogP contribution in [0.5, 0.6) is 0 Å². The number of fused-ring (bicyclic) bond motifs is 2. The van der Waals surface area contributed by atoms with Crippen molar-refractivity contribution in [3.8, 4) is 11.3 Å². The van der Waals surface area contributed by atoms with Gasteiger partial charge in [0.1, 0.15) is 12.6 Å². The molecule has 1 aliphatic rings. The van der Waals surface area contributed by atoms with Crippen molar-refractivity contribution in [1.29, 1.82) is 0 Å². The van der Waals surface area contributed by atoms with E-state index >= 15 is 0 Å². The van der Waals surface area contributed by atoms with Crippen LogP contribution in [-0.2, 0) is 39.1 Å². The van der Waals surface area contributed by atoms with E-state index in [1.165, 1.54) is 10.5 Å². The number of anilines is 1. The van der Waals surface area contributed by atoms with E-state index in [1.807, 2.05) is 42.6 Å². The molecule has 0 aliphatic carbocycles. The van der Waals surface area contributed by atoms with Gasteiger partial charge in [0.25, 0.3) is 0 Å². The van der Waals surface area contributed by atoms with Crippen LogP contribution in [-0.4, -0.2) is 68.7 Å². The van der Waals surface area contributed by atoms with E-state index < -0.39 is 36.5 Å². The summed E-state index contributed by atoms with van der Waals surface area (Å²) in [5.41, 5.74) is 5.90. The molecule has 0 saturated heterocycles. The molecule has 0 fully saturated rings. The lowest BCUT2D eigenvalue weighted by Gasteiger charge is -2.26. The van der Waals surface area contributed by atoms with Gasteiger partial charge in [-0.15, -0.1) is 0 Å². The Kier molecular flexibility index (Phi) is 12.6. The van der Waals surface area contributed by atoms with E-state index in [2.05, 4.69) is 33.3 Å². The number of carbonyl (C=O) groups excluding carboxylic acids is 2. The van der Waals surface area contributed by atoms with Gasteiger partial charge < -0.3 is 20.1 Å². The van der Waals surface area contributed by atoms with E-state index in [0.29, 0.717) is 49.4 Å². The fraction of sp³-hybridized carbons (Fsp3) is 0.395. The van der Waals surface area contributed by atoms with Crippen molar-refractivity contribution < 1.29 is 29.4 Å². The first-order chi connectivity index (χ1) is 24.1. The highest BCUT2D eigenvalue weighted by Crippen LogP contribution is 2.35. The fourth-order valence-electron chi connectivity index (χ4n) is 6.86. The van der Waals surface area contributed by atoms with Gasteiger partial charge in [0.05, 0.1) is 11.7 Å². The number of para-hydroxylation sites is 1. The van der Waals surface area contributed by atoms with Crippen molar-refractivity contribution in [1.82, 2.24) is 20.2 Å². The summed E-state index contributed by atoms with van der Waals surface area (Å²) < 4.78 is 2.19. The van der Waals surface area contributed by atoms with Crippen LogP contribution in [0.15, 0.2) is 67.0 Å². The van der Waals surface area contributed by atoms with Crippen molar-refractivity contribution in [3.63, 3.8) is 0 Å². The van der Waals surface area contributed by atoms with Gasteiger partial charge in [-0.2, -0.15) is 0 Å². The quantitative estimate of drug-likeness (QED) is 0.101. The Morgan fingerprint density at radius 3 is 2.60 bits per heavy atom. The molecule has 0 radical (unpaired) electrons. The second-order valence-corrected chi connectivity index (χ2v) is 13.2. The smallest absolute Gasteiger partial charge is 0.323 e. The Hall–Kier alpha value is -4.74. The molecule has 1 aliphatic heterocycles. The number of unbranched alkanes of at least 4 members (excludes halogenated alkanes) is 3. The number of carboxylic acids is 2. The number of benzene rings is 2. The Morgan fingerprint density at radius 1 is 1.02 bits per heavy atom. The number of carbonyl (C=O) groups is 4. The lowest BCUT2D eigenvalue weighted by atomic mass is 10.00. The summed E-state index contributed by atoms with van der Waals surface area (Å²) in [7, 11) is 2.06. The summed E-state index contributed by atoms with van der Waals surface area (Å²) in [6, 6.07) is 15.3. The number of halogens is 1. The van der Waals surface area contributed by atoms with Crippen LogP contribution >= 0.6 is 11.6 Å². The van der Waals surface area contributed by atoms with Crippen LogP contribution < -0.4 is 15.5 Å². The molecule has 11 nitrogen and oxygen atoms in total. The molecule has 2 aromatic carbocycles. The molecule has 2 atom stereocenters. The largest absolute Gasteiger partial charge is 0.480 e. The van der Waals surface area contributed by atoms with Gasteiger partial charge in [0.15, 0.2) is 0 Å². The van der Waals surface area contributed by atoms with Crippen molar-refractivity contribution in [2.75, 3.05) is 18.0 Å². The normalized spacial score (nSPS) is 15.0. The van der Waals surface area contributed by atoms with E-state index in [1.54, 1.807) is 18.3 Å². The van der Waals surface area contributed by atoms with Gasteiger partial charge in [-0.25, -0.2) is 0 Å². The Morgan fingerprint density at radius 2 is 1.84 bits per heavy atom. The van der Waals surface area contributed by atoms with E-state index in [0.717, 1.165) is 53.4 Å². The molecule has 0 saturated carbocycles. The van der Waals surface area contributed by atoms with Crippen LogP contribution in [0.25, 0.3) is 22.2 Å². The van der Waals surface area contributed by atoms with Crippen molar-refractivity contribution in [2.24, 2.45) is 7.05 Å². The molecule has 2 aromatic heterocycles. The predicted molar refractivity (Wildman–Crippen MR) is 193 cm³/mol. The van der Waals surface area contributed by atoms with Gasteiger partial charge >= 0.3 is 11.9 Å². The highest BCUT2D eigenvalue weighted by Gasteiger charge is 2.34. The van der Waals surface area contributed by atoms with Crippen molar-refractivity contribution in [3.05, 3.63) is 83.1 Å². The minimum Gasteiger partial charge on any atom is -0.480 e. The Bertz CT molecular complexity index is 1830. The molecule has 12 heteroatoms. The van der Waals surface area contributed by atoms with Crippen LogP contribution in [0.2, 0.25) is 5.02 Å². The van der Waals surface area contributed by atoms with Crippen LogP contribution in [0.3, 0.4) is 0 Å². The second-order valence-electron chi connectivity index (χ2n) is 12.8. The van der Waals surface area contributed by atoms with E-state index in [9.17, 15) is 29.4 Å². The zero-order chi connectivity index (χ0) is 35.6. The minimum atomic E-state index is -1.15. The van der Waals surface area contributed by atoms with Crippen LogP contribution in [0.1, 0.15) is 62.5 Å². The molecular formula is C38H44ClN5O6. The summed E-state index contributed by atoms with van der Waals surface area (Å²) in [6.45, 7) is -0.0709. The van der Waals surface area contributed by atoms with Gasteiger partial charge in [-0.05, 0) is 98.9 Å². The third-order valence-electron chi connectivity index (χ3n) is 9.32. The maximum atomic E-state index is 13.3. The SMILES string of the molecule is Cn1c(-c2cccnc2)c(CCCCCC(=O)NCCCC[C@H](NC2CCc3ccccc3N(CC(=O)O)C2=O)C(=O)O)c2cc(Cl)ccc21. The van der Waals surface area contributed by atoms with Gasteiger partial charge in [0, 0.05) is 59.6 Å². The van der Waals surface area contributed by atoms with Gasteiger partial charge in [0.2, 0.25) is 11.8 Å². The monoisotopic (exact) mass is 701 g/mol. The number of aliphatic carboxylic acids is 2. The number of carboxylic acid groups (broad SMARTS) is 2. The van der Waals surface area contributed by atoms with Crippen LogP contribution in [0.4, 0.5) is 5.69 Å². The maximum absolute atomic E-state index is 13.3. The molecule has 3 heterocycles. The topological polar surface area (TPSA) is 154 Å². The predicted octanol–water partition coefficient (Wildman–Crippen LogP) is 5.76. The van der Waals surface area contributed by atoms with Crippen LogP contribution in [0, 0.1) is 0 Å². The molecule has 4 N–H and O–H groups in total. The Balaban J connectivity index is 1.04. The number of hydrogen-bond acceptors (Lipinski definition) is 6. The molecule has 0 spiro atoms. The summed E-state index contributed by atoms with van der Waals surface area (Å²) >= 11 is 6.37. The molecule has 1 unspecified atom stereocenters. The summed E-state index contributed by atoms with van der Waals surface area (Å²) in [5.74, 6) is -2.71. The maximum Gasteiger partial charge on any atom is 0.323 e. The fourth-order valence-corrected chi connectivity index (χ4v) is 7.03. The number of pyridine rings is 1. The first-order valence-corrected chi connectivity index (χ1v) is 17.6. The Labute approximate surface area is 296 Å².